The molecule has 0 unspecified atom stereocenters. The molecule has 9 heteroatoms. The van der Waals surface area contributed by atoms with Crippen molar-refractivity contribution in [3.8, 4) is 0 Å². The van der Waals surface area contributed by atoms with Gasteiger partial charge in [-0.2, -0.15) is 0 Å². The van der Waals surface area contributed by atoms with Gasteiger partial charge < -0.3 is 25.3 Å². The van der Waals surface area contributed by atoms with E-state index in [-0.39, 0.29) is 11.9 Å². The molecular weight excluding hydrogens is 545 g/mol. The largest absolute Gasteiger partial charge is 0.368 e. The maximum absolute atomic E-state index is 12.7. The lowest BCUT2D eigenvalue weighted by molar-refractivity contribution is -0.116. The molecule has 3 aromatic rings. The van der Waals surface area contributed by atoms with Crippen LogP contribution in [0.3, 0.4) is 0 Å². The Morgan fingerprint density at radius 2 is 1.62 bits per heavy atom. The number of hydrogen-bond donors (Lipinski definition) is 2. The number of carbonyl (C=O) groups is 2. The summed E-state index contributed by atoms with van der Waals surface area (Å²) < 4.78 is 0. The predicted octanol–water partition coefficient (Wildman–Crippen LogP) is 6.99. The standard InChI is InChI=1S/C31H35Cl2N5O2/c1-4-15-37(28-13-8-22(2)21-23(28)3)16-14-29(39)34-24-9-11-25(12-10-24)36-17-19-38(20-18-36)31(40)35-30-26(32)6-5-7-27(30)33/h4-13,21H,1,14-20H2,2-3H3,(H,34,39)(H,35,40). The first-order valence-corrected chi connectivity index (χ1v) is 14.1. The van der Waals surface area contributed by atoms with Gasteiger partial charge in [0.1, 0.15) is 0 Å². The van der Waals surface area contributed by atoms with E-state index in [1.165, 1.54) is 11.1 Å². The highest BCUT2D eigenvalue weighted by atomic mass is 35.5. The molecule has 3 aromatic carbocycles. The summed E-state index contributed by atoms with van der Waals surface area (Å²) in [5, 5.41) is 6.64. The number of nitrogens with zero attached hydrogens (tertiary/aromatic N) is 3. The van der Waals surface area contributed by atoms with E-state index in [0.29, 0.717) is 61.4 Å². The molecule has 0 atom stereocenters. The lowest BCUT2D eigenvalue weighted by Gasteiger charge is -2.36. The first kappa shape index (κ1) is 29.3. The molecule has 0 aromatic heterocycles. The molecule has 1 heterocycles. The number of urea groups is 1. The number of aryl methyl sites for hydroxylation is 2. The minimum atomic E-state index is -0.225. The lowest BCUT2D eigenvalue weighted by atomic mass is 10.1. The van der Waals surface area contributed by atoms with E-state index in [2.05, 4.69) is 59.1 Å². The molecule has 7 nitrogen and oxygen atoms in total. The van der Waals surface area contributed by atoms with Crippen LogP contribution in [0.25, 0.3) is 0 Å². The van der Waals surface area contributed by atoms with E-state index in [4.69, 9.17) is 23.2 Å². The van der Waals surface area contributed by atoms with Crippen LogP contribution in [0.5, 0.6) is 0 Å². The third-order valence-electron chi connectivity index (χ3n) is 6.93. The fourth-order valence-electron chi connectivity index (χ4n) is 4.81. The molecule has 1 aliphatic rings. The van der Waals surface area contributed by atoms with Crippen molar-refractivity contribution in [1.82, 2.24) is 4.90 Å². The van der Waals surface area contributed by atoms with Gasteiger partial charge in [-0.15, -0.1) is 6.58 Å². The zero-order valence-corrected chi connectivity index (χ0v) is 24.4. The van der Waals surface area contributed by atoms with E-state index >= 15 is 0 Å². The maximum atomic E-state index is 12.7. The van der Waals surface area contributed by atoms with Crippen molar-refractivity contribution < 1.29 is 9.59 Å². The van der Waals surface area contributed by atoms with Crippen molar-refractivity contribution >= 4 is 57.9 Å². The minimum Gasteiger partial charge on any atom is -0.368 e. The van der Waals surface area contributed by atoms with Gasteiger partial charge >= 0.3 is 6.03 Å². The van der Waals surface area contributed by atoms with Crippen molar-refractivity contribution in [1.29, 1.82) is 0 Å². The maximum Gasteiger partial charge on any atom is 0.322 e. The number of piperazine rings is 1. The molecule has 2 N–H and O–H groups in total. The van der Waals surface area contributed by atoms with Gasteiger partial charge in [-0.3, -0.25) is 4.79 Å². The van der Waals surface area contributed by atoms with Gasteiger partial charge in [0.05, 0.1) is 15.7 Å². The summed E-state index contributed by atoms with van der Waals surface area (Å²) >= 11 is 12.4. The van der Waals surface area contributed by atoms with E-state index in [1.54, 1.807) is 23.1 Å². The Hall–Kier alpha value is -3.68. The van der Waals surface area contributed by atoms with Crippen LogP contribution in [0.15, 0.2) is 73.3 Å². The molecule has 0 spiro atoms. The van der Waals surface area contributed by atoms with Crippen LogP contribution >= 0.6 is 23.2 Å². The number of halogens is 2. The van der Waals surface area contributed by atoms with Gasteiger partial charge in [0.2, 0.25) is 5.91 Å². The molecule has 0 bridgehead atoms. The Morgan fingerprint density at radius 1 is 0.950 bits per heavy atom. The Bertz CT molecular complexity index is 1330. The summed E-state index contributed by atoms with van der Waals surface area (Å²) in [5.41, 5.74) is 5.74. The monoisotopic (exact) mass is 579 g/mol. The van der Waals surface area contributed by atoms with E-state index in [0.717, 1.165) is 17.1 Å². The third kappa shape index (κ3) is 7.49. The average Bonchev–Trinajstić information content (AvgIpc) is 2.94. The fraction of sp³-hybridized carbons (Fsp3) is 0.290. The summed E-state index contributed by atoms with van der Waals surface area (Å²) in [6, 6.07) is 19.1. The number of nitrogens with one attached hydrogen (secondary N) is 2. The number of benzene rings is 3. The average molecular weight is 581 g/mol. The number of hydrogen-bond acceptors (Lipinski definition) is 4. The van der Waals surface area contributed by atoms with Gasteiger partial charge in [-0.25, -0.2) is 4.79 Å². The van der Waals surface area contributed by atoms with Gasteiger partial charge in [0.15, 0.2) is 0 Å². The van der Waals surface area contributed by atoms with Crippen molar-refractivity contribution in [2.24, 2.45) is 0 Å². The second-order valence-electron chi connectivity index (χ2n) is 9.87. The summed E-state index contributed by atoms with van der Waals surface area (Å²) in [5.74, 6) is -0.0372. The number of amides is 3. The van der Waals surface area contributed by atoms with Crippen LogP contribution in [0, 0.1) is 13.8 Å². The lowest BCUT2D eigenvalue weighted by Crippen LogP contribution is -2.50. The smallest absolute Gasteiger partial charge is 0.322 e. The van der Waals surface area contributed by atoms with E-state index in [9.17, 15) is 9.59 Å². The molecule has 0 radical (unpaired) electrons. The molecule has 3 amide bonds. The molecule has 0 aliphatic carbocycles. The predicted molar refractivity (Wildman–Crippen MR) is 167 cm³/mol. The van der Waals surface area contributed by atoms with Crippen molar-refractivity contribution in [3.63, 3.8) is 0 Å². The Kier molecular flexibility index (Phi) is 9.96. The highest BCUT2D eigenvalue weighted by Crippen LogP contribution is 2.30. The van der Waals surface area contributed by atoms with Crippen LogP contribution in [-0.4, -0.2) is 56.1 Å². The second-order valence-corrected chi connectivity index (χ2v) is 10.7. The molecule has 210 valence electrons. The highest BCUT2D eigenvalue weighted by molar-refractivity contribution is 6.39. The molecule has 1 fully saturated rings. The second kappa shape index (κ2) is 13.6. The quantitative estimate of drug-likeness (QED) is 0.268. The van der Waals surface area contributed by atoms with E-state index < -0.39 is 0 Å². The van der Waals surface area contributed by atoms with Crippen molar-refractivity contribution in [2.45, 2.75) is 20.3 Å². The zero-order chi connectivity index (χ0) is 28.6. The molecule has 40 heavy (non-hydrogen) atoms. The molecule has 1 aliphatic heterocycles. The summed E-state index contributed by atoms with van der Waals surface area (Å²) in [7, 11) is 0. The number of carbonyl (C=O) groups excluding carboxylic acids is 2. The number of anilines is 4. The van der Waals surface area contributed by atoms with Gasteiger partial charge in [-0.05, 0) is 61.9 Å². The molecular formula is C31H35Cl2N5O2. The third-order valence-corrected chi connectivity index (χ3v) is 7.56. The molecule has 1 saturated heterocycles. The van der Waals surface area contributed by atoms with Crippen LogP contribution in [0.2, 0.25) is 10.0 Å². The molecule has 0 saturated carbocycles. The molecule has 4 rings (SSSR count). The topological polar surface area (TPSA) is 67.9 Å². The van der Waals surface area contributed by atoms with Crippen molar-refractivity contribution in [2.75, 3.05) is 59.7 Å². The first-order valence-electron chi connectivity index (χ1n) is 13.3. The fourth-order valence-corrected chi connectivity index (χ4v) is 5.30. The Balaban J connectivity index is 1.26. The summed E-state index contributed by atoms with van der Waals surface area (Å²) in [6.45, 7) is 11.8. The van der Waals surface area contributed by atoms with Crippen molar-refractivity contribution in [3.05, 3.63) is 94.5 Å². The van der Waals surface area contributed by atoms with Crippen LogP contribution < -0.4 is 20.4 Å². The van der Waals surface area contributed by atoms with Crippen LogP contribution in [0.4, 0.5) is 27.5 Å². The summed E-state index contributed by atoms with van der Waals surface area (Å²) in [4.78, 5) is 31.6. The number of para-hydroxylation sites is 1. The zero-order valence-electron chi connectivity index (χ0n) is 22.9. The SMILES string of the molecule is C=CCN(CCC(=O)Nc1ccc(N2CCN(C(=O)Nc3c(Cl)cccc3Cl)CC2)cc1)c1ccc(C)cc1C. The summed E-state index contributed by atoms with van der Waals surface area (Å²) in [6.07, 6.45) is 2.23. The van der Waals surface area contributed by atoms with Gasteiger partial charge in [-0.1, -0.05) is 53.0 Å². The van der Waals surface area contributed by atoms with Gasteiger partial charge in [0.25, 0.3) is 0 Å². The minimum absolute atomic E-state index is 0.0372. The normalized spacial score (nSPS) is 13.1. The Morgan fingerprint density at radius 3 is 2.25 bits per heavy atom. The van der Waals surface area contributed by atoms with E-state index in [1.807, 2.05) is 30.3 Å². The Labute approximate surface area is 246 Å². The van der Waals surface area contributed by atoms with Crippen LogP contribution in [0.1, 0.15) is 17.5 Å². The van der Waals surface area contributed by atoms with Gasteiger partial charge in [0, 0.05) is 62.8 Å². The van der Waals surface area contributed by atoms with Crippen LogP contribution in [-0.2, 0) is 4.79 Å². The number of rotatable bonds is 9. The highest BCUT2D eigenvalue weighted by Gasteiger charge is 2.22. The first-order chi connectivity index (χ1) is 19.2.